The van der Waals surface area contributed by atoms with E-state index < -0.39 is 0 Å². The van der Waals surface area contributed by atoms with Crippen molar-refractivity contribution in [1.29, 1.82) is 0 Å². The van der Waals surface area contributed by atoms with Crippen LogP contribution in [0, 0.1) is 6.92 Å². The normalized spacial score (nSPS) is 10.9. The van der Waals surface area contributed by atoms with E-state index in [1.165, 1.54) is 16.5 Å². The lowest BCUT2D eigenvalue weighted by Gasteiger charge is -1.99. The van der Waals surface area contributed by atoms with Crippen LogP contribution in [0.5, 0.6) is 0 Å². The Kier molecular flexibility index (Phi) is 2.89. The molecule has 0 aliphatic heterocycles. The first-order valence-corrected chi connectivity index (χ1v) is 6.98. The number of aromatic nitrogens is 3. The Morgan fingerprint density at radius 2 is 2.00 bits per heavy atom. The number of para-hydroxylation sites is 1. The van der Waals surface area contributed by atoms with Crippen LogP contribution in [0.2, 0.25) is 0 Å². The fraction of sp³-hybridized carbons (Fsp3) is 0.0833. The van der Waals surface area contributed by atoms with E-state index in [4.69, 9.17) is 5.73 Å². The van der Waals surface area contributed by atoms with Crippen LogP contribution in [0.25, 0.3) is 10.2 Å². The number of nitrogens with zero attached hydrogens (tertiary/aromatic N) is 3. The average molecular weight is 274 g/mol. The predicted molar refractivity (Wildman–Crippen MR) is 74.9 cm³/mol. The van der Waals surface area contributed by atoms with Crippen LogP contribution in [0.15, 0.2) is 39.7 Å². The van der Waals surface area contributed by atoms with E-state index in [2.05, 4.69) is 21.0 Å². The summed E-state index contributed by atoms with van der Waals surface area (Å²) in [5.74, 6) is 0.304. The molecule has 6 heteroatoms. The largest absolute Gasteiger partial charge is 0.368 e. The van der Waals surface area contributed by atoms with Crippen LogP contribution in [0.1, 0.15) is 5.69 Å². The molecule has 0 aliphatic carbocycles. The molecule has 0 atom stereocenters. The Morgan fingerprint density at radius 3 is 2.78 bits per heavy atom. The summed E-state index contributed by atoms with van der Waals surface area (Å²) in [4.78, 5) is 12.8. The zero-order valence-electron chi connectivity index (χ0n) is 9.62. The molecule has 2 heterocycles. The molecular weight excluding hydrogens is 264 g/mol. The second-order valence-electron chi connectivity index (χ2n) is 3.76. The Bertz CT molecular complexity index is 655. The van der Waals surface area contributed by atoms with E-state index in [-0.39, 0.29) is 0 Å². The fourth-order valence-corrected chi connectivity index (χ4v) is 3.68. The Hall–Kier alpha value is -1.66. The van der Waals surface area contributed by atoms with Gasteiger partial charge < -0.3 is 5.73 Å². The molecule has 90 valence electrons. The summed E-state index contributed by atoms with van der Waals surface area (Å²) < 4.78 is 2.15. The molecule has 18 heavy (non-hydrogen) atoms. The first kappa shape index (κ1) is 11.4. The van der Waals surface area contributed by atoms with E-state index in [9.17, 15) is 0 Å². The van der Waals surface area contributed by atoms with E-state index in [1.807, 2.05) is 31.2 Å². The molecule has 0 saturated carbocycles. The summed E-state index contributed by atoms with van der Waals surface area (Å²) >= 11 is 3.17. The van der Waals surface area contributed by atoms with Crippen molar-refractivity contribution in [3.63, 3.8) is 0 Å². The summed E-state index contributed by atoms with van der Waals surface area (Å²) in [7, 11) is 0. The summed E-state index contributed by atoms with van der Waals surface area (Å²) in [6.45, 7) is 1.90. The molecule has 3 aromatic rings. The molecule has 0 fully saturated rings. The number of hydrogen-bond donors (Lipinski definition) is 1. The third-order valence-corrected chi connectivity index (χ3v) is 4.33. The van der Waals surface area contributed by atoms with Crippen molar-refractivity contribution >= 4 is 39.3 Å². The number of nitrogens with two attached hydrogens (primary N) is 1. The van der Waals surface area contributed by atoms with E-state index in [0.717, 1.165) is 20.6 Å². The van der Waals surface area contributed by atoms with Gasteiger partial charge in [0.15, 0.2) is 4.34 Å². The molecule has 0 aliphatic rings. The maximum Gasteiger partial charge on any atom is 0.221 e. The van der Waals surface area contributed by atoms with Gasteiger partial charge in [0.05, 0.1) is 10.2 Å². The minimum absolute atomic E-state index is 0.304. The van der Waals surface area contributed by atoms with Crippen molar-refractivity contribution < 1.29 is 0 Å². The number of hydrogen-bond acceptors (Lipinski definition) is 6. The molecule has 0 spiro atoms. The monoisotopic (exact) mass is 274 g/mol. The van der Waals surface area contributed by atoms with Crippen molar-refractivity contribution in [1.82, 2.24) is 15.0 Å². The predicted octanol–water partition coefficient (Wildman–Crippen LogP) is 3.13. The highest BCUT2D eigenvalue weighted by Crippen LogP contribution is 2.33. The number of anilines is 1. The van der Waals surface area contributed by atoms with Gasteiger partial charge in [-0.25, -0.2) is 15.0 Å². The molecule has 0 radical (unpaired) electrons. The fourth-order valence-electron chi connectivity index (χ4n) is 1.60. The van der Waals surface area contributed by atoms with Crippen LogP contribution < -0.4 is 5.73 Å². The standard InChI is InChI=1S/C12H10N4S2/c1-7-6-10(16-11(13)14-7)18-12-15-8-4-2-3-5-9(8)17-12/h2-6H,1H3,(H2,13,14,16). The maximum atomic E-state index is 5.64. The van der Waals surface area contributed by atoms with Crippen molar-refractivity contribution in [3.8, 4) is 0 Å². The lowest BCUT2D eigenvalue weighted by atomic mass is 10.3. The van der Waals surface area contributed by atoms with Gasteiger partial charge in [-0.3, -0.25) is 0 Å². The van der Waals surface area contributed by atoms with Crippen molar-refractivity contribution in [2.45, 2.75) is 16.3 Å². The number of benzene rings is 1. The molecular formula is C12H10N4S2. The SMILES string of the molecule is Cc1cc(Sc2nc3ccccc3s2)nc(N)n1. The summed E-state index contributed by atoms with van der Waals surface area (Å²) in [5.41, 5.74) is 7.52. The molecule has 3 rings (SSSR count). The van der Waals surface area contributed by atoms with E-state index in [1.54, 1.807) is 11.3 Å². The van der Waals surface area contributed by atoms with E-state index in [0.29, 0.717) is 5.95 Å². The zero-order valence-corrected chi connectivity index (χ0v) is 11.3. The van der Waals surface area contributed by atoms with Gasteiger partial charge in [0.25, 0.3) is 0 Å². The quantitative estimate of drug-likeness (QED) is 0.727. The van der Waals surface area contributed by atoms with Crippen LogP contribution in [0.4, 0.5) is 5.95 Å². The van der Waals surface area contributed by atoms with E-state index >= 15 is 0 Å². The van der Waals surface area contributed by atoms with Crippen molar-refractivity contribution in [2.24, 2.45) is 0 Å². The van der Waals surface area contributed by atoms with Gasteiger partial charge in [-0.1, -0.05) is 12.1 Å². The number of aryl methyl sites for hydroxylation is 1. The second-order valence-corrected chi connectivity index (χ2v) is 6.05. The number of rotatable bonds is 2. The highest BCUT2D eigenvalue weighted by molar-refractivity contribution is 8.01. The molecule has 0 bridgehead atoms. The second kappa shape index (κ2) is 4.55. The van der Waals surface area contributed by atoms with Crippen LogP contribution in [-0.4, -0.2) is 15.0 Å². The van der Waals surface area contributed by atoms with Crippen molar-refractivity contribution in [2.75, 3.05) is 5.73 Å². The third kappa shape index (κ3) is 2.30. The zero-order chi connectivity index (χ0) is 12.5. The molecule has 0 saturated heterocycles. The lowest BCUT2D eigenvalue weighted by Crippen LogP contribution is -1.97. The topological polar surface area (TPSA) is 64.7 Å². The van der Waals surface area contributed by atoms with Crippen molar-refractivity contribution in [3.05, 3.63) is 36.0 Å². The van der Waals surface area contributed by atoms with Gasteiger partial charge in [0, 0.05) is 5.69 Å². The number of nitrogen functional groups attached to an aromatic ring is 1. The van der Waals surface area contributed by atoms with Crippen LogP contribution >= 0.6 is 23.1 Å². The highest BCUT2D eigenvalue weighted by Gasteiger charge is 2.07. The Morgan fingerprint density at radius 1 is 1.17 bits per heavy atom. The molecule has 4 nitrogen and oxygen atoms in total. The highest BCUT2D eigenvalue weighted by atomic mass is 32.2. The lowest BCUT2D eigenvalue weighted by molar-refractivity contribution is 1.02. The van der Waals surface area contributed by atoms with Crippen LogP contribution in [0.3, 0.4) is 0 Å². The summed E-state index contributed by atoms with van der Waals surface area (Å²) in [6, 6.07) is 9.99. The average Bonchev–Trinajstić information content (AvgIpc) is 2.69. The molecule has 0 unspecified atom stereocenters. The molecule has 1 aromatic carbocycles. The summed E-state index contributed by atoms with van der Waals surface area (Å²) in [6.07, 6.45) is 0. The third-order valence-electron chi connectivity index (χ3n) is 2.31. The Balaban J connectivity index is 1.96. The van der Waals surface area contributed by atoms with Gasteiger partial charge in [-0.15, -0.1) is 11.3 Å². The van der Waals surface area contributed by atoms with Gasteiger partial charge in [0.2, 0.25) is 5.95 Å². The first-order chi connectivity index (χ1) is 8.70. The maximum absolute atomic E-state index is 5.64. The molecule has 2 aromatic heterocycles. The Labute approximate surface area is 112 Å². The number of thiazole rings is 1. The van der Waals surface area contributed by atoms with Gasteiger partial charge in [0.1, 0.15) is 5.03 Å². The molecule has 0 amide bonds. The first-order valence-electron chi connectivity index (χ1n) is 5.35. The van der Waals surface area contributed by atoms with Gasteiger partial charge in [-0.05, 0) is 36.9 Å². The smallest absolute Gasteiger partial charge is 0.221 e. The summed E-state index contributed by atoms with van der Waals surface area (Å²) in [5, 5.41) is 0.832. The molecule has 2 N–H and O–H groups in total. The van der Waals surface area contributed by atoms with Gasteiger partial charge in [-0.2, -0.15) is 0 Å². The number of fused-ring (bicyclic) bond motifs is 1. The minimum atomic E-state index is 0.304. The van der Waals surface area contributed by atoms with Gasteiger partial charge >= 0.3 is 0 Å². The van der Waals surface area contributed by atoms with Crippen LogP contribution in [-0.2, 0) is 0 Å². The minimum Gasteiger partial charge on any atom is -0.368 e.